The van der Waals surface area contributed by atoms with Gasteiger partial charge >= 0.3 is 5.97 Å². The summed E-state index contributed by atoms with van der Waals surface area (Å²) in [7, 11) is 1.48. The monoisotopic (exact) mass is 327 g/mol. The predicted molar refractivity (Wildman–Crippen MR) is 91.5 cm³/mol. The normalized spacial score (nSPS) is 17.0. The number of hydrogen-bond donors (Lipinski definition) is 2. The number of carbonyl (C=O) groups is 1. The zero-order valence-electron chi connectivity index (χ0n) is 13.6. The molecule has 0 bridgehead atoms. The standard InChI is InChI=1S/C19H21NO4/c1-23-17-8-4-7-16(18(17)19(21)22)15-6-3-2-5-13(15)12-24-14-9-10-20-11-14/h2-8,14,20H,9-12H2,1H3,(H,21,22). The van der Waals surface area contributed by atoms with Crippen LogP contribution in [0.5, 0.6) is 5.75 Å². The third-order valence-electron chi connectivity index (χ3n) is 4.26. The van der Waals surface area contributed by atoms with Gasteiger partial charge in [0.25, 0.3) is 0 Å². The van der Waals surface area contributed by atoms with Crippen LogP contribution in [0.3, 0.4) is 0 Å². The molecule has 0 aliphatic carbocycles. The molecule has 24 heavy (non-hydrogen) atoms. The van der Waals surface area contributed by atoms with Crippen LogP contribution in [0.1, 0.15) is 22.3 Å². The molecule has 2 N–H and O–H groups in total. The largest absolute Gasteiger partial charge is 0.496 e. The molecule has 0 amide bonds. The van der Waals surface area contributed by atoms with E-state index in [1.807, 2.05) is 30.3 Å². The first-order valence-corrected chi connectivity index (χ1v) is 8.01. The van der Waals surface area contributed by atoms with Crippen molar-refractivity contribution in [2.75, 3.05) is 20.2 Å². The van der Waals surface area contributed by atoms with E-state index in [0.29, 0.717) is 17.9 Å². The van der Waals surface area contributed by atoms with Crippen LogP contribution in [0, 0.1) is 0 Å². The average Bonchev–Trinajstić information content (AvgIpc) is 3.13. The minimum Gasteiger partial charge on any atom is -0.496 e. The van der Waals surface area contributed by atoms with Gasteiger partial charge in [0.15, 0.2) is 0 Å². The quantitative estimate of drug-likeness (QED) is 0.854. The summed E-state index contributed by atoms with van der Waals surface area (Å²) in [6.45, 7) is 2.30. The fraction of sp³-hybridized carbons (Fsp3) is 0.316. The molecular weight excluding hydrogens is 306 g/mol. The molecule has 2 aromatic rings. The molecule has 1 saturated heterocycles. The van der Waals surface area contributed by atoms with Crippen LogP contribution >= 0.6 is 0 Å². The number of carboxylic acid groups (broad SMARTS) is 1. The highest BCUT2D eigenvalue weighted by molar-refractivity contribution is 5.99. The van der Waals surface area contributed by atoms with E-state index in [4.69, 9.17) is 9.47 Å². The van der Waals surface area contributed by atoms with Crippen LogP contribution in [0.25, 0.3) is 11.1 Å². The van der Waals surface area contributed by atoms with Gasteiger partial charge in [0.2, 0.25) is 0 Å². The Morgan fingerprint density at radius 1 is 1.21 bits per heavy atom. The van der Waals surface area contributed by atoms with Crippen LogP contribution in [0.2, 0.25) is 0 Å². The Kier molecular flexibility index (Phi) is 5.13. The molecule has 1 aliphatic rings. The van der Waals surface area contributed by atoms with E-state index in [1.165, 1.54) is 7.11 Å². The summed E-state index contributed by atoms with van der Waals surface area (Å²) in [5.41, 5.74) is 2.65. The maximum atomic E-state index is 11.7. The summed E-state index contributed by atoms with van der Waals surface area (Å²) in [4.78, 5) is 11.7. The molecule has 2 aromatic carbocycles. The topological polar surface area (TPSA) is 67.8 Å². The van der Waals surface area contributed by atoms with Gasteiger partial charge in [-0.15, -0.1) is 0 Å². The molecule has 1 aliphatic heterocycles. The van der Waals surface area contributed by atoms with Gasteiger partial charge in [-0.2, -0.15) is 0 Å². The SMILES string of the molecule is COc1cccc(-c2ccccc2COC2CCNC2)c1C(=O)O. The maximum Gasteiger partial charge on any atom is 0.340 e. The molecule has 0 aromatic heterocycles. The highest BCUT2D eigenvalue weighted by Crippen LogP contribution is 2.33. The number of hydrogen-bond acceptors (Lipinski definition) is 4. The van der Waals surface area contributed by atoms with Gasteiger partial charge in [-0.3, -0.25) is 0 Å². The second-order valence-electron chi connectivity index (χ2n) is 5.77. The maximum absolute atomic E-state index is 11.7. The summed E-state index contributed by atoms with van der Waals surface area (Å²) in [5, 5.41) is 12.9. The first-order valence-electron chi connectivity index (χ1n) is 8.01. The molecule has 0 saturated carbocycles. The third kappa shape index (κ3) is 3.42. The summed E-state index contributed by atoms with van der Waals surface area (Å²) < 4.78 is 11.2. The number of rotatable bonds is 6. The number of carboxylic acids is 1. The van der Waals surface area contributed by atoms with Crippen LogP contribution < -0.4 is 10.1 Å². The second-order valence-corrected chi connectivity index (χ2v) is 5.77. The molecule has 5 nitrogen and oxygen atoms in total. The van der Waals surface area contributed by atoms with E-state index in [-0.39, 0.29) is 11.7 Å². The van der Waals surface area contributed by atoms with E-state index < -0.39 is 5.97 Å². The molecule has 0 spiro atoms. The lowest BCUT2D eigenvalue weighted by Crippen LogP contribution is -2.16. The molecule has 3 rings (SSSR count). The van der Waals surface area contributed by atoms with Gasteiger partial charge in [-0.25, -0.2) is 4.79 Å². The first-order chi connectivity index (χ1) is 11.7. The second kappa shape index (κ2) is 7.47. The van der Waals surface area contributed by atoms with Crippen molar-refractivity contribution in [1.29, 1.82) is 0 Å². The minimum atomic E-state index is -1.00. The summed E-state index contributed by atoms with van der Waals surface area (Å²) in [6.07, 6.45) is 1.21. The van der Waals surface area contributed by atoms with Gasteiger partial charge in [0.1, 0.15) is 11.3 Å². The Labute approximate surface area is 141 Å². The highest BCUT2D eigenvalue weighted by atomic mass is 16.5. The van der Waals surface area contributed by atoms with E-state index in [2.05, 4.69) is 5.32 Å². The minimum absolute atomic E-state index is 0.176. The van der Waals surface area contributed by atoms with Crippen LogP contribution in [-0.2, 0) is 11.3 Å². The zero-order chi connectivity index (χ0) is 16.9. The lowest BCUT2D eigenvalue weighted by molar-refractivity contribution is 0.0544. The smallest absolute Gasteiger partial charge is 0.340 e. The number of ether oxygens (including phenoxy) is 2. The van der Waals surface area contributed by atoms with E-state index in [1.54, 1.807) is 12.1 Å². The van der Waals surface area contributed by atoms with Crippen LogP contribution in [0.15, 0.2) is 42.5 Å². The molecular formula is C19H21NO4. The number of methoxy groups -OCH3 is 1. The molecule has 1 fully saturated rings. The Morgan fingerprint density at radius 3 is 2.71 bits per heavy atom. The van der Waals surface area contributed by atoms with E-state index in [9.17, 15) is 9.90 Å². The molecule has 0 radical (unpaired) electrons. The van der Waals surface area contributed by atoms with Crippen molar-refractivity contribution < 1.29 is 19.4 Å². The van der Waals surface area contributed by atoms with Crippen LogP contribution in [0.4, 0.5) is 0 Å². The van der Waals surface area contributed by atoms with Crippen molar-refractivity contribution in [3.8, 4) is 16.9 Å². The van der Waals surface area contributed by atoms with Gasteiger partial charge in [0.05, 0.1) is 19.8 Å². The highest BCUT2D eigenvalue weighted by Gasteiger charge is 2.20. The number of aromatic carboxylic acids is 1. The molecule has 1 unspecified atom stereocenters. The van der Waals surface area contributed by atoms with Crippen molar-refractivity contribution in [2.24, 2.45) is 0 Å². The van der Waals surface area contributed by atoms with Gasteiger partial charge < -0.3 is 19.9 Å². The van der Waals surface area contributed by atoms with Gasteiger partial charge in [0, 0.05) is 12.1 Å². The van der Waals surface area contributed by atoms with Crippen molar-refractivity contribution in [1.82, 2.24) is 5.32 Å². The van der Waals surface area contributed by atoms with Crippen molar-refractivity contribution >= 4 is 5.97 Å². The Hall–Kier alpha value is -2.37. The van der Waals surface area contributed by atoms with Gasteiger partial charge in [-0.1, -0.05) is 36.4 Å². The zero-order valence-corrected chi connectivity index (χ0v) is 13.6. The Balaban J connectivity index is 1.96. The Morgan fingerprint density at radius 2 is 2.00 bits per heavy atom. The first kappa shape index (κ1) is 16.5. The lowest BCUT2D eigenvalue weighted by atomic mass is 9.95. The molecule has 126 valence electrons. The Bertz CT molecular complexity index is 723. The number of nitrogens with one attached hydrogen (secondary N) is 1. The summed E-state index contributed by atoms with van der Waals surface area (Å²) >= 11 is 0. The fourth-order valence-corrected chi connectivity index (χ4v) is 3.03. The van der Waals surface area contributed by atoms with Crippen molar-refractivity contribution in [3.05, 3.63) is 53.6 Å². The molecule has 1 atom stereocenters. The summed E-state index contributed by atoms with van der Waals surface area (Å²) in [5.74, 6) is -0.645. The van der Waals surface area contributed by atoms with E-state index in [0.717, 1.165) is 30.6 Å². The third-order valence-corrected chi connectivity index (χ3v) is 4.26. The number of benzene rings is 2. The molecule has 1 heterocycles. The van der Waals surface area contributed by atoms with Gasteiger partial charge in [-0.05, 0) is 30.2 Å². The van der Waals surface area contributed by atoms with Crippen molar-refractivity contribution in [2.45, 2.75) is 19.1 Å². The average molecular weight is 327 g/mol. The van der Waals surface area contributed by atoms with Crippen molar-refractivity contribution in [3.63, 3.8) is 0 Å². The van der Waals surface area contributed by atoms with Crippen LogP contribution in [-0.4, -0.2) is 37.4 Å². The fourth-order valence-electron chi connectivity index (χ4n) is 3.03. The molecule has 5 heteroatoms. The van der Waals surface area contributed by atoms with E-state index >= 15 is 0 Å². The lowest BCUT2D eigenvalue weighted by Gasteiger charge is -2.16. The predicted octanol–water partition coefficient (Wildman–Crippen LogP) is 2.94. The summed E-state index contributed by atoms with van der Waals surface area (Å²) in [6, 6.07) is 13.0.